The third-order valence-corrected chi connectivity index (χ3v) is 4.37. The van der Waals surface area contributed by atoms with E-state index < -0.39 is 17.5 Å². The van der Waals surface area contributed by atoms with Gasteiger partial charge in [0.25, 0.3) is 0 Å². The van der Waals surface area contributed by atoms with Crippen LogP contribution >= 0.6 is 11.3 Å². The summed E-state index contributed by atoms with van der Waals surface area (Å²) in [5.74, 6) is -0.947. The Bertz CT molecular complexity index is 513. The van der Waals surface area contributed by atoms with Crippen LogP contribution in [0.5, 0.6) is 0 Å². The molecular weight excluding hydrogens is 278 g/mol. The maximum Gasteiger partial charge on any atom is 0.329 e. The molecule has 2 amide bonds. The number of nitrogens with zero attached hydrogens (tertiary/aromatic N) is 1. The zero-order valence-electron chi connectivity index (χ0n) is 11.6. The van der Waals surface area contributed by atoms with Crippen LogP contribution in [-0.2, 0) is 11.2 Å². The molecule has 1 heterocycles. The largest absolute Gasteiger partial charge is 0.480 e. The number of urea groups is 1. The van der Waals surface area contributed by atoms with Gasteiger partial charge in [0.2, 0.25) is 0 Å². The molecule has 0 saturated heterocycles. The number of aromatic nitrogens is 1. The molecule has 20 heavy (non-hydrogen) atoms. The highest BCUT2D eigenvalue weighted by Gasteiger charge is 2.48. The summed E-state index contributed by atoms with van der Waals surface area (Å²) in [4.78, 5) is 27.4. The number of carbonyl (C=O) groups excluding carboxylic acids is 1. The number of rotatable bonds is 6. The summed E-state index contributed by atoms with van der Waals surface area (Å²) in [5, 5.41) is 17.5. The quantitative estimate of drug-likeness (QED) is 0.743. The molecule has 1 unspecified atom stereocenters. The highest BCUT2D eigenvalue weighted by atomic mass is 32.1. The van der Waals surface area contributed by atoms with Crippen molar-refractivity contribution in [2.24, 2.45) is 5.92 Å². The second-order valence-corrected chi connectivity index (χ2v) is 6.33. The summed E-state index contributed by atoms with van der Waals surface area (Å²) >= 11 is 1.57. The molecule has 0 aromatic carbocycles. The molecule has 3 N–H and O–H groups in total. The minimum Gasteiger partial charge on any atom is -0.480 e. The van der Waals surface area contributed by atoms with Gasteiger partial charge in [0.05, 0.1) is 10.7 Å². The molecule has 7 heteroatoms. The van der Waals surface area contributed by atoms with Crippen LogP contribution in [0.25, 0.3) is 0 Å². The topological polar surface area (TPSA) is 91.3 Å². The SMILES string of the molecule is Cc1nc(CCNC(=O)NC(C)(C(=O)O)C2CC2)cs1. The van der Waals surface area contributed by atoms with Gasteiger partial charge >= 0.3 is 12.0 Å². The Morgan fingerprint density at radius 3 is 2.75 bits per heavy atom. The smallest absolute Gasteiger partial charge is 0.329 e. The van der Waals surface area contributed by atoms with E-state index >= 15 is 0 Å². The van der Waals surface area contributed by atoms with E-state index in [0.29, 0.717) is 13.0 Å². The van der Waals surface area contributed by atoms with E-state index in [0.717, 1.165) is 23.5 Å². The Morgan fingerprint density at radius 1 is 1.55 bits per heavy atom. The van der Waals surface area contributed by atoms with Gasteiger partial charge in [-0.1, -0.05) is 0 Å². The first kappa shape index (κ1) is 14.8. The summed E-state index contributed by atoms with van der Waals surface area (Å²) in [6, 6.07) is -0.436. The molecular formula is C13H19N3O3S. The van der Waals surface area contributed by atoms with Crippen molar-refractivity contribution in [3.63, 3.8) is 0 Å². The molecule has 6 nitrogen and oxygen atoms in total. The molecule has 1 aromatic rings. The van der Waals surface area contributed by atoms with Gasteiger partial charge in [-0.15, -0.1) is 11.3 Å². The first-order chi connectivity index (χ1) is 9.41. The first-order valence-electron chi connectivity index (χ1n) is 6.62. The Labute approximate surface area is 121 Å². The molecule has 1 aliphatic rings. The minimum atomic E-state index is -1.17. The zero-order chi connectivity index (χ0) is 14.8. The predicted octanol–water partition coefficient (Wildman–Crippen LogP) is 1.55. The van der Waals surface area contributed by atoms with Crippen molar-refractivity contribution in [2.75, 3.05) is 6.54 Å². The number of hydrogen-bond donors (Lipinski definition) is 3. The van der Waals surface area contributed by atoms with Crippen LogP contribution in [0.1, 0.15) is 30.5 Å². The number of carbonyl (C=O) groups is 2. The second kappa shape index (κ2) is 5.78. The van der Waals surface area contributed by atoms with Gasteiger partial charge in [-0.05, 0) is 32.6 Å². The highest BCUT2D eigenvalue weighted by molar-refractivity contribution is 7.09. The van der Waals surface area contributed by atoms with Crippen molar-refractivity contribution in [3.8, 4) is 0 Å². The van der Waals surface area contributed by atoms with E-state index in [-0.39, 0.29) is 5.92 Å². The summed E-state index contributed by atoms with van der Waals surface area (Å²) in [7, 11) is 0. The number of carboxylic acids is 1. The summed E-state index contributed by atoms with van der Waals surface area (Å²) in [5.41, 5.74) is -0.225. The lowest BCUT2D eigenvalue weighted by Crippen LogP contribution is -2.56. The van der Waals surface area contributed by atoms with E-state index in [1.165, 1.54) is 0 Å². The lowest BCUT2D eigenvalue weighted by atomic mass is 9.96. The van der Waals surface area contributed by atoms with E-state index in [2.05, 4.69) is 15.6 Å². The Morgan fingerprint density at radius 2 is 2.25 bits per heavy atom. The maximum atomic E-state index is 11.8. The standard InChI is InChI=1S/C13H19N3O3S/c1-8-15-10(7-20-8)5-6-14-12(19)16-13(2,11(17)18)9-3-4-9/h7,9H,3-6H2,1-2H3,(H,17,18)(H2,14,16,19). The Hall–Kier alpha value is -1.63. The lowest BCUT2D eigenvalue weighted by Gasteiger charge is -2.26. The molecule has 1 atom stereocenters. The second-order valence-electron chi connectivity index (χ2n) is 5.27. The van der Waals surface area contributed by atoms with Crippen LogP contribution in [0.4, 0.5) is 4.79 Å². The molecule has 0 spiro atoms. The third kappa shape index (κ3) is 3.47. The van der Waals surface area contributed by atoms with Crippen molar-refractivity contribution < 1.29 is 14.7 Å². The van der Waals surface area contributed by atoms with Gasteiger partial charge in [-0.25, -0.2) is 14.6 Å². The predicted molar refractivity (Wildman–Crippen MR) is 75.9 cm³/mol. The van der Waals surface area contributed by atoms with Crippen molar-refractivity contribution in [2.45, 2.75) is 38.6 Å². The Balaban J connectivity index is 1.78. The van der Waals surface area contributed by atoms with Gasteiger partial charge in [-0.2, -0.15) is 0 Å². The van der Waals surface area contributed by atoms with Crippen LogP contribution in [0.3, 0.4) is 0 Å². The van der Waals surface area contributed by atoms with Crippen molar-refractivity contribution >= 4 is 23.3 Å². The maximum absolute atomic E-state index is 11.8. The number of aliphatic carboxylic acids is 1. The number of amides is 2. The number of aryl methyl sites for hydroxylation is 1. The van der Waals surface area contributed by atoms with Crippen LogP contribution < -0.4 is 10.6 Å². The number of thiazole rings is 1. The van der Waals surface area contributed by atoms with E-state index in [4.69, 9.17) is 0 Å². The molecule has 1 aliphatic carbocycles. The van der Waals surface area contributed by atoms with Crippen LogP contribution in [0, 0.1) is 12.8 Å². The summed E-state index contributed by atoms with van der Waals surface area (Å²) in [6.07, 6.45) is 2.34. The normalized spacial score (nSPS) is 17.3. The fraction of sp³-hybridized carbons (Fsp3) is 0.615. The number of carboxylic acid groups (broad SMARTS) is 1. The fourth-order valence-corrected chi connectivity index (χ4v) is 2.75. The monoisotopic (exact) mass is 297 g/mol. The molecule has 0 aliphatic heterocycles. The summed E-state index contributed by atoms with van der Waals surface area (Å²) < 4.78 is 0. The van der Waals surface area contributed by atoms with Gasteiger partial charge in [-0.3, -0.25) is 0 Å². The van der Waals surface area contributed by atoms with Crippen molar-refractivity contribution in [3.05, 3.63) is 16.1 Å². The molecule has 0 radical (unpaired) electrons. The van der Waals surface area contributed by atoms with Crippen LogP contribution in [0.2, 0.25) is 0 Å². The van der Waals surface area contributed by atoms with Gasteiger partial charge in [0.15, 0.2) is 0 Å². The third-order valence-electron chi connectivity index (χ3n) is 3.54. The first-order valence-corrected chi connectivity index (χ1v) is 7.50. The molecule has 0 bridgehead atoms. The molecule has 110 valence electrons. The molecule has 1 fully saturated rings. The average molecular weight is 297 g/mol. The van der Waals surface area contributed by atoms with Gasteiger partial charge in [0.1, 0.15) is 5.54 Å². The minimum absolute atomic E-state index is 0.0342. The van der Waals surface area contributed by atoms with Crippen LogP contribution in [-0.4, -0.2) is 34.2 Å². The van der Waals surface area contributed by atoms with E-state index in [9.17, 15) is 14.7 Å². The average Bonchev–Trinajstić information content (AvgIpc) is 3.14. The zero-order valence-corrected chi connectivity index (χ0v) is 12.4. The molecule has 2 rings (SSSR count). The molecule has 1 aromatic heterocycles. The number of nitrogens with one attached hydrogen (secondary N) is 2. The molecule has 1 saturated carbocycles. The lowest BCUT2D eigenvalue weighted by molar-refractivity contribution is -0.144. The fourth-order valence-electron chi connectivity index (χ4n) is 2.10. The number of hydrogen-bond acceptors (Lipinski definition) is 4. The van der Waals surface area contributed by atoms with E-state index in [1.807, 2.05) is 12.3 Å². The summed E-state index contributed by atoms with van der Waals surface area (Å²) in [6.45, 7) is 3.94. The van der Waals surface area contributed by atoms with E-state index in [1.54, 1.807) is 18.3 Å². The van der Waals surface area contributed by atoms with Crippen molar-refractivity contribution in [1.29, 1.82) is 0 Å². The van der Waals surface area contributed by atoms with Crippen LogP contribution in [0.15, 0.2) is 5.38 Å². The van der Waals surface area contributed by atoms with Crippen molar-refractivity contribution in [1.82, 2.24) is 15.6 Å². The Kier molecular flexibility index (Phi) is 4.27. The highest BCUT2D eigenvalue weighted by Crippen LogP contribution is 2.39. The van der Waals surface area contributed by atoms with Gasteiger partial charge in [0, 0.05) is 18.3 Å². The van der Waals surface area contributed by atoms with Gasteiger partial charge < -0.3 is 15.7 Å².